The topological polar surface area (TPSA) is 41.1 Å². The van der Waals surface area contributed by atoms with Gasteiger partial charge in [-0.05, 0) is 34.5 Å². The standard InChI is InChI=1S/C10H8BrN3/c1-7-4-10-13-5-8(2-3-12)14(10)6-9(7)11/h4-6H,2H2,1H3. The number of pyridine rings is 1. The van der Waals surface area contributed by atoms with Crippen molar-refractivity contribution < 1.29 is 0 Å². The average Bonchev–Trinajstić information content (AvgIpc) is 2.51. The fourth-order valence-corrected chi connectivity index (χ4v) is 1.68. The van der Waals surface area contributed by atoms with Crippen LogP contribution in [0.2, 0.25) is 0 Å². The van der Waals surface area contributed by atoms with E-state index >= 15 is 0 Å². The zero-order valence-electron chi connectivity index (χ0n) is 7.66. The highest BCUT2D eigenvalue weighted by molar-refractivity contribution is 9.10. The monoisotopic (exact) mass is 249 g/mol. The van der Waals surface area contributed by atoms with Gasteiger partial charge in [-0.2, -0.15) is 5.26 Å². The highest BCUT2D eigenvalue weighted by Gasteiger charge is 2.04. The fourth-order valence-electron chi connectivity index (χ4n) is 1.36. The molecule has 2 aromatic rings. The first-order valence-corrected chi connectivity index (χ1v) is 5.00. The molecule has 3 nitrogen and oxygen atoms in total. The van der Waals surface area contributed by atoms with E-state index in [-0.39, 0.29) is 0 Å². The van der Waals surface area contributed by atoms with Crippen LogP contribution in [0.1, 0.15) is 11.3 Å². The van der Waals surface area contributed by atoms with Crippen LogP contribution < -0.4 is 0 Å². The Kier molecular flexibility index (Phi) is 2.26. The molecule has 0 radical (unpaired) electrons. The van der Waals surface area contributed by atoms with E-state index in [0.29, 0.717) is 6.42 Å². The van der Waals surface area contributed by atoms with Gasteiger partial charge in [0, 0.05) is 10.7 Å². The van der Waals surface area contributed by atoms with E-state index in [1.165, 1.54) is 0 Å². The molecule has 14 heavy (non-hydrogen) atoms. The molecule has 2 heterocycles. The maximum Gasteiger partial charge on any atom is 0.137 e. The van der Waals surface area contributed by atoms with Gasteiger partial charge in [-0.1, -0.05) is 0 Å². The smallest absolute Gasteiger partial charge is 0.137 e. The predicted molar refractivity (Wildman–Crippen MR) is 56.9 cm³/mol. The third-order valence-corrected chi connectivity index (χ3v) is 2.96. The van der Waals surface area contributed by atoms with Gasteiger partial charge >= 0.3 is 0 Å². The molecule has 2 rings (SSSR count). The molecule has 0 aliphatic carbocycles. The van der Waals surface area contributed by atoms with Crippen molar-refractivity contribution >= 4 is 21.6 Å². The van der Waals surface area contributed by atoms with Crippen molar-refractivity contribution in [2.24, 2.45) is 0 Å². The molecule has 0 saturated carbocycles. The SMILES string of the molecule is Cc1cc2ncc(CC#N)n2cc1Br. The number of nitrogens with zero attached hydrogens (tertiary/aromatic N) is 3. The van der Waals surface area contributed by atoms with Gasteiger partial charge in [-0.15, -0.1) is 0 Å². The van der Waals surface area contributed by atoms with Gasteiger partial charge in [0.05, 0.1) is 24.4 Å². The van der Waals surface area contributed by atoms with Crippen molar-refractivity contribution in [3.05, 3.63) is 34.2 Å². The van der Waals surface area contributed by atoms with Crippen LogP contribution in [0.3, 0.4) is 0 Å². The average molecular weight is 250 g/mol. The summed E-state index contributed by atoms with van der Waals surface area (Å²) in [6.07, 6.45) is 4.07. The molecule has 4 heteroatoms. The van der Waals surface area contributed by atoms with Gasteiger partial charge in [0.15, 0.2) is 0 Å². The second kappa shape index (κ2) is 3.43. The van der Waals surface area contributed by atoms with Gasteiger partial charge in [0.1, 0.15) is 5.65 Å². The summed E-state index contributed by atoms with van der Waals surface area (Å²) < 4.78 is 2.96. The minimum Gasteiger partial charge on any atom is -0.302 e. The molecule has 0 unspecified atom stereocenters. The number of fused-ring (bicyclic) bond motifs is 1. The van der Waals surface area contributed by atoms with Crippen LogP contribution in [0.5, 0.6) is 0 Å². The molecule has 0 atom stereocenters. The van der Waals surface area contributed by atoms with E-state index in [9.17, 15) is 0 Å². The first-order valence-electron chi connectivity index (χ1n) is 4.21. The van der Waals surface area contributed by atoms with Crippen LogP contribution in [0, 0.1) is 18.3 Å². The molecular weight excluding hydrogens is 242 g/mol. The predicted octanol–water partition coefficient (Wildman–Crippen LogP) is 2.47. The Morgan fingerprint density at radius 3 is 3.14 bits per heavy atom. The first kappa shape index (κ1) is 9.22. The Morgan fingerprint density at radius 1 is 1.64 bits per heavy atom. The third-order valence-electron chi connectivity index (χ3n) is 2.13. The number of halogens is 1. The van der Waals surface area contributed by atoms with E-state index in [1.54, 1.807) is 6.20 Å². The minimum absolute atomic E-state index is 0.386. The summed E-state index contributed by atoms with van der Waals surface area (Å²) >= 11 is 3.45. The number of aryl methyl sites for hydroxylation is 1. The largest absolute Gasteiger partial charge is 0.302 e. The lowest BCUT2D eigenvalue weighted by molar-refractivity contribution is 1.04. The molecule has 0 bridgehead atoms. The third kappa shape index (κ3) is 1.40. The zero-order valence-corrected chi connectivity index (χ0v) is 9.24. The number of rotatable bonds is 1. The van der Waals surface area contributed by atoms with Crippen LogP contribution in [-0.4, -0.2) is 9.38 Å². The minimum atomic E-state index is 0.386. The molecular formula is C10H8BrN3. The maximum atomic E-state index is 8.62. The summed E-state index contributed by atoms with van der Waals surface area (Å²) in [7, 11) is 0. The lowest BCUT2D eigenvalue weighted by Crippen LogP contribution is -1.92. The Balaban J connectivity index is 2.69. The van der Waals surface area contributed by atoms with Gasteiger partial charge in [-0.3, -0.25) is 0 Å². The summed E-state index contributed by atoms with van der Waals surface area (Å²) in [6, 6.07) is 4.11. The molecule has 2 aromatic heterocycles. The van der Waals surface area contributed by atoms with E-state index < -0.39 is 0 Å². The summed E-state index contributed by atoms with van der Waals surface area (Å²) in [5.41, 5.74) is 2.95. The second-order valence-corrected chi connectivity index (χ2v) is 3.97. The Hall–Kier alpha value is -1.34. The number of aromatic nitrogens is 2. The molecule has 0 fully saturated rings. The van der Waals surface area contributed by atoms with Crippen LogP contribution in [0.25, 0.3) is 5.65 Å². The zero-order chi connectivity index (χ0) is 10.1. The highest BCUT2D eigenvalue weighted by atomic mass is 79.9. The molecule has 0 spiro atoms. The molecule has 0 saturated heterocycles. The lowest BCUT2D eigenvalue weighted by Gasteiger charge is -2.01. The quantitative estimate of drug-likeness (QED) is 0.780. The van der Waals surface area contributed by atoms with Crippen molar-refractivity contribution in [3.63, 3.8) is 0 Å². The van der Waals surface area contributed by atoms with E-state index in [0.717, 1.165) is 21.4 Å². The Morgan fingerprint density at radius 2 is 2.43 bits per heavy atom. The summed E-state index contributed by atoms with van der Waals surface area (Å²) in [4.78, 5) is 4.23. The fraction of sp³-hybridized carbons (Fsp3) is 0.200. The number of nitriles is 1. The van der Waals surface area contributed by atoms with Gasteiger partial charge in [0.2, 0.25) is 0 Å². The maximum absolute atomic E-state index is 8.62. The van der Waals surface area contributed by atoms with Crippen LogP contribution in [0.4, 0.5) is 0 Å². The first-order chi connectivity index (χ1) is 6.72. The normalized spacial score (nSPS) is 10.4. The lowest BCUT2D eigenvalue weighted by atomic mass is 10.3. The van der Waals surface area contributed by atoms with E-state index in [1.807, 2.05) is 23.6 Å². The van der Waals surface area contributed by atoms with E-state index in [4.69, 9.17) is 5.26 Å². The van der Waals surface area contributed by atoms with Crippen molar-refractivity contribution in [2.75, 3.05) is 0 Å². The van der Waals surface area contributed by atoms with Crippen LogP contribution in [-0.2, 0) is 6.42 Å². The molecule has 0 aliphatic heterocycles. The summed E-state index contributed by atoms with van der Waals surface area (Å²) in [5.74, 6) is 0. The van der Waals surface area contributed by atoms with E-state index in [2.05, 4.69) is 27.0 Å². The molecule has 0 aromatic carbocycles. The van der Waals surface area contributed by atoms with Crippen molar-refractivity contribution in [3.8, 4) is 6.07 Å². The Labute approximate surface area is 90.1 Å². The summed E-state index contributed by atoms with van der Waals surface area (Å²) in [6.45, 7) is 2.02. The molecule has 0 aliphatic rings. The molecule has 0 N–H and O–H groups in total. The van der Waals surface area contributed by atoms with Crippen molar-refractivity contribution in [1.82, 2.24) is 9.38 Å². The second-order valence-electron chi connectivity index (χ2n) is 3.12. The van der Waals surface area contributed by atoms with Gasteiger partial charge in [-0.25, -0.2) is 4.98 Å². The highest BCUT2D eigenvalue weighted by Crippen LogP contribution is 2.18. The van der Waals surface area contributed by atoms with Gasteiger partial charge in [0.25, 0.3) is 0 Å². The number of hydrogen-bond donors (Lipinski definition) is 0. The Bertz CT molecular complexity index is 522. The van der Waals surface area contributed by atoms with Crippen molar-refractivity contribution in [2.45, 2.75) is 13.3 Å². The number of hydrogen-bond acceptors (Lipinski definition) is 2. The van der Waals surface area contributed by atoms with Crippen molar-refractivity contribution in [1.29, 1.82) is 5.26 Å². The molecule has 0 amide bonds. The summed E-state index contributed by atoms with van der Waals surface area (Å²) in [5, 5.41) is 8.62. The van der Waals surface area contributed by atoms with Gasteiger partial charge < -0.3 is 4.40 Å². The van der Waals surface area contributed by atoms with Crippen LogP contribution in [0.15, 0.2) is 22.9 Å². The molecule has 70 valence electrons. The number of imidazole rings is 1. The van der Waals surface area contributed by atoms with Crippen LogP contribution >= 0.6 is 15.9 Å².